The Balaban J connectivity index is 2.62. The molecular weight excluding hydrogens is 274 g/mol. The van der Waals surface area contributed by atoms with Crippen molar-refractivity contribution in [2.75, 3.05) is 13.1 Å². The van der Waals surface area contributed by atoms with Crippen LogP contribution in [0.3, 0.4) is 0 Å². The third-order valence-electron chi connectivity index (χ3n) is 3.15. The van der Waals surface area contributed by atoms with Crippen molar-refractivity contribution in [3.8, 4) is 0 Å². The largest absolute Gasteiger partial charge is 0.313 e. The Morgan fingerprint density at radius 3 is 2.60 bits per heavy atom. The van der Waals surface area contributed by atoms with Gasteiger partial charge in [-0.1, -0.05) is 33.3 Å². The van der Waals surface area contributed by atoms with Gasteiger partial charge in [-0.3, -0.25) is 0 Å². The Morgan fingerprint density at radius 2 is 2.05 bits per heavy atom. The molecule has 114 valence electrons. The zero-order valence-corrected chi connectivity index (χ0v) is 13.3. The van der Waals surface area contributed by atoms with E-state index in [1.807, 2.05) is 13.8 Å². The summed E-state index contributed by atoms with van der Waals surface area (Å²) in [6.45, 7) is 8.25. The van der Waals surface area contributed by atoms with Crippen molar-refractivity contribution in [3.05, 3.63) is 23.9 Å². The normalized spacial score (nSPS) is 13.3. The summed E-state index contributed by atoms with van der Waals surface area (Å²) in [4.78, 5) is 4.04. The number of rotatable bonds is 9. The fraction of sp³-hybridized carbons (Fsp3) is 0.643. The van der Waals surface area contributed by atoms with Gasteiger partial charge in [0.05, 0.1) is 0 Å². The Bertz CT molecular complexity index is 486. The third-order valence-corrected chi connectivity index (χ3v) is 4.49. The number of aromatic nitrogens is 1. The smallest absolute Gasteiger partial charge is 0.258 e. The van der Waals surface area contributed by atoms with Gasteiger partial charge in [0.25, 0.3) is 10.0 Å². The molecule has 0 fully saturated rings. The summed E-state index contributed by atoms with van der Waals surface area (Å²) >= 11 is 0. The van der Waals surface area contributed by atoms with Crippen molar-refractivity contribution < 1.29 is 8.42 Å². The summed E-state index contributed by atoms with van der Waals surface area (Å²) in [6.07, 6.45) is 3.62. The fourth-order valence-corrected chi connectivity index (χ4v) is 2.64. The zero-order valence-electron chi connectivity index (χ0n) is 12.5. The number of pyridine rings is 1. The number of nitrogens with zero attached hydrogens (tertiary/aromatic N) is 1. The standard InChI is InChI=1S/C14H25N3O2S/c1-4-8-15-10-13-6-7-14(16-11-13)20(18,19)17-9-12(3)5-2/h6-7,11-12,15,17H,4-5,8-10H2,1-3H3. The lowest BCUT2D eigenvalue weighted by atomic mass is 10.1. The molecule has 0 saturated carbocycles. The Kier molecular flexibility index (Phi) is 7.12. The van der Waals surface area contributed by atoms with Crippen LogP contribution in [0.25, 0.3) is 0 Å². The minimum Gasteiger partial charge on any atom is -0.313 e. The van der Waals surface area contributed by atoms with Crippen molar-refractivity contribution in [1.82, 2.24) is 15.0 Å². The van der Waals surface area contributed by atoms with Crippen LogP contribution >= 0.6 is 0 Å². The quantitative estimate of drug-likeness (QED) is 0.683. The predicted molar refractivity (Wildman–Crippen MR) is 80.9 cm³/mol. The van der Waals surface area contributed by atoms with Gasteiger partial charge in [-0.25, -0.2) is 18.1 Å². The molecule has 1 aromatic rings. The van der Waals surface area contributed by atoms with Gasteiger partial charge in [-0.05, 0) is 30.5 Å². The lowest BCUT2D eigenvalue weighted by molar-refractivity contribution is 0.526. The second kappa shape index (κ2) is 8.34. The average Bonchev–Trinajstić information content (AvgIpc) is 2.45. The van der Waals surface area contributed by atoms with Crippen LogP contribution in [-0.2, 0) is 16.6 Å². The van der Waals surface area contributed by atoms with Crippen molar-refractivity contribution in [2.24, 2.45) is 5.92 Å². The van der Waals surface area contributed by atoms with Crippen LogP contribution < -0.4 is 10.0 Å². The van der Waals surface area contributed by atoms with Gasteiger partial charge < -0.3 is 5.32 Å². The molecule has 0 saturated heterocycles. The summed E-state index contributed by atoms with van der Waals surface area (Å²) in [5.41, 5.74) is 0.985. The highest BCUT2D eigenvalue weighted by Crippen LogP contribution is 2.08. The first-order valence-corrected chi connectivity index (χ1v) is 8.63. The van der Waals surface area contributed by atoms with Crippen molar-refractivity contribution >= 4 is 10.0 Å². The minimum absolute atomic E-state index is 0.0834. The van der Waals surface area contributed by atoms with E-state index in [1.165, 1.54) is 0 Å². The fourth-order valence-electron chi connectivity index (χ4n) is 1.55. The zero-order chi connectivity index (χ0) is 15.0. The van der Waals surface area contributed by atoms with E-state index in [-0.39, 0.29) is 5.03 Å². The molecule has 0 amide bonds. The summed E-state index contributed by atoms with van der Waals surface area (Å²) in [5, 5.41) is 3.34. The highest BCUT2D eigenvalue weighted by Gasteiger charge is 2.15. The summed E-state index contributed by atoms with van der Waals surface area (Å²) in [5.74, 6) is 0.322. The molecule has 1 aromatic heterocycles. The molecule has 1 rings (SSSR count). The van der Waals surface area contributed by atoms with E-state index in [2.05, 4.69) is 21.9 Å². The van der Waals surface area contributed by atoms with Crippen LogP contribution in [0.1, 0.15) is 39.2 Å². The van der Waals surface area contributed by atoms with Crippen molar-refractivity contribution in [2.45, 2.75) is 45.2 Å². The van der Waals surface area contributed by atoms with Gasteiger partial charge in [0.15, 0.2) is 5.03 Å². The second-order valence-electron chi connectivity index (χ2n) is 5.05. The maximum absolute atomic E-state index is 12.0. The first kappa shape index (κ1) is 17.1. The molecule has 0 bridgehead atoms. The van der Waals surface area contributed by atoms with E-state index >= 15 is 0 Å². The van der Waals surface area contributed by atoms with Gasteiger partial charge in [-0.15, -0.1) is 0 Å². The number of nitrogens with one attached hydrogen (secondary N) is 2. The monoisotopic (exact) mass is 299 g/mol. The Labute approximate surface area is 122 Å². The van der Waals surface area contributed by atoms with Gasteiger partial charge in [-0.2, -0.15) is 0 Å². The number of hydrogen-bond acceptors (Lipinski definition) is 4. The maximum atomic E-state index is 12.0. The molecule has 0 radical (unpaired) electrons. The van der Waals surface area contributed by atoms with Crippen LogP contribution in [-0.4, -0.2) is 26.5 Å². The SMILES string of the molecule is CCCNCc1ccc(S(=O)(=O)NCC(C)CC)nc1. The Hall–Kier alpha value is -0.980. The average molecular weight is 299 g/mol. The van der Waals surface area contributed by atoms with Crippen LogP contribution in [0, 0.1) is 5.92 Å². The van der Waals surface area contributed by atoms with Crippen molar-refractivity contribution in [1.29, 1.82) is 0 Å². The summed E-state index contributed by atoms with van der Waals surface area (Å²) in [7, 11) is -3.49. The van der Waals surface area contributed by atoms with Gasteiger partial charge >= 0.3 is 0 Å². The van der Waals surface area contributed by atoms with Crippen LogP contribution in [0.4, 0.5) is 0 Å². The second-order valence-corrected chi connectivity index (χ2v) is 6.76. The molecular formula is C14H25N3O2S. The van der Waals surface area contributed by atoms with E-state index in [0.29, 0.717) is 19.0 Å². The minimum atomic E-state index is -3.49. The molecule has 20 heavy (non-hydrogen) atoms. The summed E-state index contributed by atoms with van der Waals surface area (Å²) < 4.78 is 26.7. The van der Waals surface area contributed by atoms with Crippen LogP contribution in [0.5, 0.6) is 0 Å². The first-order chi connectivity index (χ1) is 9.49. The van der Waals surface area contributed by atoms with E-state index in [9.17, 15) is 8.42 Å². The lowest BCUT2D eigenvalue weighted by Gasteiger charge is -2.10. The molecule has 0 aliphatic rings. The number of sulfonamides is 1. The molecule has 2 N–H and O–H groups in total. The van der Waals surface area contributed by atoms with E-state index < -0.39 is 10.0 Å². The van der Waals surface area contributed by atoms with Gasteiger partial charge in [0.2, 0.25) is 0 Å². The van der Waals surface area contributed by atoms with Crippen molar-refractivity contribution in [3.63, 3.8) is 0 Å². The molecule has 6 heteroatoms. The molecule has 1 atom stereocenters. The maximum Gasteiger partial charge on any atom is 0.258 e. The Morgan fingerprint density at radius 1 is 1.30 bits per heavy atom. The molecule has 0 aromatic carbocycles. The van der Waals surface area contributed by atoms with Crippen LogP contribution in [0.15, 0.2) is 23.4 Å². The number of hydrogen-bond donors (Lipinski definition) is 2. The van der Waals surface area contributed by atoms with Crippen LogP contribution in [0.2, 0.25) is 0 Å². The van der Waals surface area contributed by atoms with Gasteiger partial charge in [0, 0.05) is 19.3 Å². The first-order valence-electron chi connectivity index (χ1n) is 7.15. The lowest BCUT2D eigenvalue weighted by Crippen LogP contribution is -2.29. The predicted octanol–water partition coefficient (Wildman–Crippen LogP) is 1.91. The molecule has 0 aliphatic heterocycles. The molecule has 1 unspecified atom stereocenters. The highest BCUT2D eigenvalue weighted by atomic mass is 32.2. The molecule has 0 spiro atoms. The van der Waals surface area contributed by atoms with E-state index in [4.69, 9.17) is 0 Å². The molecule has 1 heterocycles. The van der Waals surface area contributed by atoms with Gasteiger partial charge in [0.1, 0.15) is 0 Å². The van der Waals surface area contributed by atoms with E-state index in [1.54, 1.807) is 18.3 Å². The topological polar surface area (TPSA) is 71.1 Å². The van der Waals surface area contributed by atoms with E-state index in [0.717, 1.165) is 24.9 Å². The third kappa shape index (κ3) is 5.56. The highest BCUT2D eigenvalue weighted by molar-refractivity contribution is 7.89. The molecule has 5 nitrogen and oxygen atoms in total. The molecule has 0 aliphatic carbocycles. The summed E-state index contributed by atoms with van der Waals surface area (Å²) in [6, 6.07) is 3.36.